The molecule has 1 aliphatic carbocycles. The highest BCUT2D eigenvalue weighted by Gasteiger charge is 2.54. The molecule has 4 atom stereocenters. The summed E-state index contributed by atoms with van der Waals surface area (Å²) < 4.78 is 6.06. The molecular weight excluding hydrogens is 538 g/mol. The van der Waals surface area contributed by atoms with Crippen LogP contribution >= 0.6 is 11.3 Å². The van der Waals surface area contributed by atoms with Crippen molar-refractivity contribution in [2.75, 3.05) is 13.2 Å². The summed E-state index contributed by atoms with van der Waals surface area (Å²) in [7, 11) is 0. The number of phenols is 1. The molecular formula is C33H35NO6S. The van der Waals surface area contributed by atoms with Gasteiger partial charge in [-0.05, 0) is 78.6 Å². The van der Waals surface area contributed by atoms with Crippen LogP contribution in [0.25, 0.3) is 6.08 Å². The van der Waals surface area contributed by atoms with Crippen LogP contribution in [0.1, 0.15) is 36.6 Å². The number of aromatic hydroxyl groups is 1. The SMILES string of the molecule is C/C(=C\c1cccc(O)c1)CC[C@@H](O)C1=C(COc2ccccc2)C[C@H]2C(=O)N(Cc3cccs3)C(=O)[C@H]2[C@H]1CO. The van der Waals surface area contributed by atoms with Crippen molar-refractivity contribution in [3.63, 3.8) is 0 Å². The van der Waals surface area contributed by atoms with Crippen LogP contribution in [0.15, 0.2) is 88.8 Å². The lowest BCUT2D eigenvalue weighted by Gasteiger charge is -2.36. The third-order valence-electron chi connectivity index (χ3n) is 7.98. The first kappa shape index (κ1) is 28.8. The highest BCUT2D eigenvalue weighted by Crippen LogP contribution is 2.46. The number of ether oxygens (including phenoxy) is 1. The monoisotopic (exact) mass is 573 g/mol. The number of benzene rings is 2. The molecule has 2 aliphatic rings. The molecule has 1 aromatic heterocycles. The number of allylic oxidation sites excluding steroid dienone is 1. The van der Waals surface area contributed by atoms with Gasteiger partial charge in [0.2, 0.25) is 11.8 Å². The number of phenolic OH excluding ortho intramolecular Hbond substituents is 1. The molecule has 5 rings (SSSR count). The van der Waals surface area contributed by atoms with E-state index in [1.54, 1.807) is 18.2 Å². The van der Waals surface area contributed by atoms with Crippen molar-refractivity contribution in [1.29, 1.82) is 0 Å². The summed E-state index contributed by atoms with van der Waals surface area (Å²) in [4.78, 5) is 29.4. The number of amides is 2. The maximum atomic E-state index is 13.6. The summed E-state index contributed by atoms with van der Waals surface area (Å²) >= 11 is 1.49. The second-order valence-corrected chi connectivity index (χ2v) is 11.8. The second kappa shape index (κ2) is 12.9. The van der Waals surface area contributed by atoms with Crippen LogP contribution in [0.2, 0.25) is 0 Å². The van der Waals surface area contributed by atoms with Gasteiger partial charge in [0, 0.05) is 10.8 Å². The molecule has 1 fully saturated rings. The predicted molar refractivity (Wildman–Crippen MR) is 158 cm³/mol. The normalized spacial score (nSPS) is 21.8. The van der Waals surface area contributed by atoms with Gasteiger partial charge >= 0.3 is 0 Å². The Bertz CT molecular complexity index is 1430. The first-order valence-corrected chi connectivity index (χ1v) is 14.8. The second-order valence-electron chi connectivity index (χ2n) is 10.8. The molecule has 214 valence electrons. The minimum Gasteiger partial charge on any atom is -0.508 e. The molecule has 3 N–H and O–H groups in total. The largest absolute Gasteiger partial charge is 0.508 e. The molecule has 0 bridgehead atoms. The van der Waals surface area contributed by atoms with E-state index < -0.39 is 23.9 Å². The molecule has 2 aromatic carbocycles. The van der Waals surface area contributed by atoms with Crippen molar-refractivity contribution in [2.45, 2.75) is 38.8 Å². The van der Waals surface area contributed by atoms with Crippen molar-refractivity contribution in [1.82, 2.24) is 4.90 Å². The van der Waals surface area contributed by atoms with E-state index in [9.17, 15) is 24.9 Å². The first-order valence-electron chi connectivity index (χ1n) is 13.9. The van der Waals surface area contributed by atoms with Crippen LogP contribution in [0.3, 0.4) is 0 Å². The molecule has 1 saturated heterocycles. The van der Waals surface area contributed by atoms with Gasteiger partial charge in [-0.3, -0.25) is 14.5 Å². The number of imide groups is 1. The van der Waals surface area contributed by atoms with Crippen LogP contribution in [-0.4, -0.2) is 51.4 Å². The van der Waals surface area contributed by atoms with Gasteiger partial charge in [0.15, 0.2) is 0 Å². The zero-order chi connectivity index (χ0) is 28.9. The zero-order valence-corrected chi connectivity index (χ0v) is 23.8. The standard InChI is InChI=1S/C33H35NO6S/c1-21(15-22-7-5-8-24(36)16-22)12-13-29(37)30-23(20-40-25-9-3-2-4-10-25)17-27-31(28(30)19-35)33(39)34(32(27)38)18-26-11-6-14-41-26/h2-11,14-16,27-29,31,35-37H,12-13,17-20H2,1H3/b21-15+/t27-,28+,29-,31-/m1/s1. The maximum Gasteiger partial charge on any atom is 0.234 e. The van der Waals surface area contributed by atoms with Gasteiger partial charge in [0.1, 0.15) is 18.1 Å². The summed E-state index contributed by atoms with van der Waals surface area (Å²) in [5.74, 6) is -1.68. The average Bonchev–Trinajstić information content (AvgIpc) is 3.57. The predicted octanol–water partition coefficient (Wildman–Crippen LogP) is 5.19. The number of rotatable bonds is 11. The van der Waals surface area contributed by atoms with Crippen molar-refractivity contribution < 1.29 is 29.6 Å². The molecule has 3 aromatic rings. The molecule has 0 spiro atoms. The Morgan fingerprint density at radius 3 is 2.61 bits per heavy atom. The van der Waals surface area contributed by atoms with Gasteiger partial charge in [-0.15, -0.1) is 11.3 Å². The number of carbonyl (C=O) groups excluding carboxylic acids is 2. The minimum absolute atomic E-state index is 0.153. The summed E-state index contributed by atoms with van der Waals surface area (Å²) in [5, 5.41) is 33.8. The topological polar surface area (TPSA) is 107 Å². The first-order chi connectivity index (χ1) is 19.9. The van der Waals surface area contributed by atoms with E-state index in [2.05, 4.69) is 0 Å². The average molecular weight is 574 g/mol. The number of para-hydroxylation sites is 1. The third kappa shape index (κ3) is 6.45. The fraction of sp³-hybridized carbons (Fsp3) is 0.333. The summed E-state index contributed by atoms with van der Waals surface area (Å²) in [6.45, 7) is 1.98. The van der Waals surface area contributed by atoms with E-state index in [4.69, 9.17) is 4.74 Å². The fourth-order valence-electron chi connectivity index (χ4n) is 6.05. The Morgan fingerprint density at radius 2 is 1.90 bits per heavy atom. The van der Waals surface area contributed by atoms with Crippen LogP contribution in [0.4, 0.5) is 0 Å². The zero-order valence-electron chi connectivity index (χ0n) is 23.0. The highest BCUT2D eigenvalue weighted by atomic mass is 32.1. The highest BCUT2D eigenvalue weighted by molar-refractivity contribution is 7.09. The van der Waals surface area contributed by atoms with Crippen molar-refractivity contribution >= 4 is 29.2 Å². The Morgan fingerprint density at radius 1 is 1.10 bits per heavy atom. The van der Waals surface area contributed by atoms with Crippen molar-refractivity contribution in [2.24, 2.45) is 17.8 Å². The number of fused-ring (bicyclic) bond motifs is 1. The van der Waals surface area contributed by atoms with E-state index in [-0.39, 0.29) is 37.3 Å². The maximum absolute atomic E-state index is 13.6. The van der Waals surface area contributed by atoms with Gasteiger partial charge < -0.3 is 20.1 Å². The van der Waals surface area contributed by atoms with Gasteiger partial charge in [-0.25, -0.2) is 0 Å². The van der Waals surface area contributed by atoms with E-state index in [1.807, 2.05) is 66.9 Å². The van der Waals surface area contributed by atoms with E-state index in [0.717, 1.165) is 21.6 Å². The van der Waals surface area contributed by atoms with Gasteiger partial charge in [0.25, 0.3) is 0 Å². The Hall–Kier alpha value is -3.72. The summed E-state index contributed by atoms with van der Waals surface area (Å²) in [5.41, 5.74) is 3.24. The lowest BCUT2D eigenvalue weighted by atomic mass is 9.68. The van der Waals surface area contributed by atoms with E-state index in [1.165, 1.54) is 16.2 Å². The molecule has 2 heterocycles. The fourth-order valence-corrected chi connectivity index (χ4v) is 6.74. The van der Waals surface area contributed by atoms with Crippen LogP contribution < -0.4 is 4.74 Å². The number of aliphatic hydroxyl groups excluding tert-OH is 2. The number of likely N-dealkylation sites (tertiary alicyclic amines) is 1. The number of aliphatic hydroxyl groups is 2. The van der Waals surface area contributed by atoms with Crippen LogP contribution in [-0.2, 0) is 16.1 Å². The molecule has 0 saturated carbocycles. The number of hydrogen-bond acceptors (Lipinski definition) is 7. The number of hydrogen-bond donors (Lipinski definition) is 3. The van der Waals surface area contributed by atoms with E-state index >= 15 is 0 Å². The third-order valence-corrected chi connectivity index (χ3v) is 8.84. The Labute approximate surface area is 244 Å². The Balaban J connectivity index is 1.41. The van der Waals surface area contributed by atoms with E-state index in [0.29, 0.717) is 30.6 Å². The molecule has 2 amide bonds. The number of nitrogens with zero attached hydrogens (tertiary/aromatic N) is 1. The lowest BCUT2D eigenvalue weighted by Crippen LogP contribution is -2.40. The number of thiophene rings is 1. The minimum atomic E-state index is -0.927. The van der Waals surface area contributed by atoms with Crippen LogP contribution in [0.5, 0.6) is 11.5 Å². The molecule has 0 radical (unpaired) electrons. The molecule has 1 aliphatic heterocycles. The van der Waals surface area contributed by atoms with Crippen molar-refractivity contribution in [3.05, 3.63) is 99.3 Å². The Kier molecular flexibility index (Phi) is 9.03. The molecule has 7 nitrogen and oxygen atoms in total. The van der Waals surface area contributed by atoms with Crippen LogP contribution in [0, 0.1) is 17.8 Å². The number of carbonyl (C=O) groups is 2. The van der Waals surface area contributed by atoms with Gasteiger partial charge in [-0.1, -0.05) is 48.0 Å². The lowest BCUT2D eigenvalue weighted by molar-refractivity contribution is -0.140. The molecule has 8 heteroatoms. The van der Waals surface area contributed by atoms with Gasteiger partial charge in [0.05, 0.1) is 31.1 Å². The van der Waals surface area contributed by atoms with Crippen molar-refractivity contribution in [3.8, 4) is 11.5 Å². The summed E-state index contributed by atoms with van der Waals surface area (Å²) in [6, 6.07) is 20.1. The van der Waals surface area contributed by atoms with Gasteiger partial charge in [-0.2, -0.15) is 0 Å². The summed E-state index contributed by atoms with van der Waals surface area (Å²) in [6.07, 6.45) is 2.27. The molecule has 41 heavy (non-hydrogen) atoms. The smallest absolute Gasteiger partial charge is 0.234 e. The molecule has 0 unspecified atom stereocenters. The quantitative estimate of drug-likeness (QED) is 0.215.